The molecule has 0 aliphatic rings. The molecule has 5 heteroatoms. The number of rotatable bonds is 4. The summed E-state index contributed by atoms with van der Waals surface area (Å²) in [6.45, 7) is -0.334. The van der Waals surface area contributed by atoms with Crippen molar-refractivity contribution in [3.63, 3.8) is 0 Å². The molecule has 0 unspecified atom stereocenters. The van der Waals surface area contributed by atoms with Gasteiger partial charge in [0, 0.05) is 5.02 Å². The summed E-state index contributed by atoms with van der Waals surface area (Å²) in [5, 5.41) is 8.52. The van der Waals surface area contributed by atoms with Crippen molar-refractivity contribution in [2.75, 3.05) is 6.61 Å². The second kappa shape index (κ2) is 4.93. The Labute approximate surface area is 85.1 Å². The van der Waals surface area contributed by atoms with Crippen LogP contribution >= 0.6 is 11.6 Å². The van der Waals surface area contributed by atoms with E-state index in [9.17, 15) is 9.18 Å². The summed E-state index contributed by atoms with van der Waals surface area (Å²) in [6.07, 6.45) is 0. The zero-order chi connectivity index (χ0) is 10.6. The minimum atomic E-state index is -1.05. The van der Waals surface area contributed by atoms with Crippen LogP contribution in [-0.2, 0) is 16.1 Å². The molecule has 1 N–H and O–H groups in total. The maximum absolute atomic E-state index is 12.6. The number of carboxylic acid groups (broad SMARTS) is 1. The molecule has 0 bridgehead atoms. The minimum absolute atomic E-state index is 0.0609. The van der Waals surface area contributed by atoms with Gasteiger partial charge in [0.1, 0.15) is 12.4 Å². The van der Waals surface area contributed by atoms with Gasteiger partial charge in [-0.2, -0.15) is 0 Å². The van der Waals surface area contributed by atoms with Crippen molar-refractivity contribution >= 4 is 17.6 Å². The van der Waals surface area contributed by atoms with Crippen LogP contribution in [0.2, 0.25) is 5.02 Å². The highest BCUT2D eigenvalue weighted by molar-refractivity contribution is 6.31. The van der Waals surface area contributed by atoms with Crippen LogP contribution in [0.25, 0.3) is 0 Å². The Morgan fingerprint density at radius 3 is 2.86 bits per heavy atom. The molecule has 0 aliphatic heterocycles. The van der Waals surface area contributed by atoms with Crippen LogP contribution in [0.5, 0.6) is 0 Å². The van der Waals surface area contributed by atoms with Gasteiger partial charge in [-0.1, -0.05) is 17.7 Å². The first kappa shape index (κ1) is 10.9. The molecule has 0 spiro atoms. The summed E-state index contributed by atoms with van der Waals surface area (Å²) in [7, 11) is 0. The minimum Gasteiger partial charge on any atom is -0.480 e. The molecule has 0 radical (unpaired) electrons. The van der Waals surface area contributed by atoms with Crippen LogP contribution < -0.4 is 0 Å². The molecule has 1 aromatic carbocycles. The lowest BCUT2D eigenvalue weighted by Crippen LogP contribution is -2.06. The highest BCUT2D eigenvalue weighted by Gasteiger charge is 2.03. The van der Waals surface area contributed by atoms with Crippen molar-refractivity contribution in [2.45, 2.75) is 6.61 Å². The fraction of sp³-hybridized carbons (Fsp3) is 0.222. The third kappa shape index (κ3) is 3.32. The summed E-state index contributed by atoms with van der Waals surface area (Å²) in [6, 6.07) is 3.85. The van der Waals surface area contributed by atoms with Crippen LogP contribution in [0.15, 0.2) is 18.2 Å². The molecule has 76 valence electrons. The van der Waals surface area contributed by atoms with Gasteiger partial charge in [0.2, 0.25) is 0 Å². The molecule has 0 saturated carbocycles. The summed E-state index contributed by atoms with van der Waals surface area (Å²) in [5.41, 5.74) is 0.564. The number of carbonyl (C=O) groups is 1. The quantitative estimate of drug-likeness (QED) is 0.842. The molecule has 0 aromatic heterocycles. The highest BCUT2D eigenvalue weighted by Crippen LogP contribution is 2.17. The monoisotopic (exact) mass is 218 g/mol. The Hall–Kier alpha value is -1.13. The van der Waals surface area contributed by atoms with Gasteiger partial charge < -0.3 is 9.84 Å². The van der Waals surface area contributed by atoms with E-state index in [1.54, 1.807) is 0 Å². The fourth-order valence-electron chi connectivity index (χ4n) is 0.887. The average Bonchev–Trinajstić information content (AvgIpc) is 2.08. The lowest BCUT2D eigenvalue weighted by molar-refractivity contribution is -0.142. The van der Waals surface area contributed by atoms with E-state index in [0.29, 0.717) is 5.56 Å². The summed E-state index contributed by atoms with van der Waals surface area (Å²) in [4.78, 5) is 10.1. The molecular formula is C9H8ClFO3. The molecule has 0 fully saturated rings. The van der Waals surface area contributed by atoms with E-state index in [2.05, 4.69) is 0 Å². The van der Waals surface area contributed by atoms with E-state index >= 15 is 0 Å². The van der Waals surface area contributed by atoms with E-state index in [-0.39, 0.29) is 11.6 Å². The summed E-state index contributed by atoms with van der Waals surface area (Å²) >= 11 is 5.68. The maximum atomic E-state index is 12.6. The van der Waals surface area contributed by atoms with E-state index in [1.807, 2.05) is 0 Å². The van der Waals surface area contributed by atoms with Gasteiger partial charge in [0.15, 0.2) is 0 Å². The number of hydrogen-bond donors (Lipinski definition) is 1. The highest BCUT2D eigenvalue weighted by atomic mass is 35.5. The predicted molar refractivity (Wildman–Crippen MR) is 48.7 cm³/mol. The first-order valence-corrected chi connectivity index (χ1v) is 4.21. The molecular weight excluding hydrogens is 211 g/mol. The predicted octanol–water partition coefficient (Wildman–Crippen LogP) is 2.08. The molecule has 14 heavy (non-hydrogen) atoms. The normalized spacial score (nSPS) is 10.1. The molecule has 1 rings (SSSR count). The van der Waals surface area contributed by atoms with Crippen LogP contribution in [-0.4, -0.2) is 17.7 Å². The van der Waals surface area contributed by atoms with Crippen molar-refractivity contribution < 1.29 is 19.0 Å². The Morgan fingerprint density at radius 2 is 2.29 bits per heavy atom. The number of halogens is 2. The van der Waals surface area contributed by atoms with Crippen LogP contribution in [0.1, 0.15) is 5.56 Å². The van der Waals surface area contributed by atoms with Gasteiger partial charge in [-0.25, -0.2) is 9.18 Å². The van der Waals surface area contributed by atoms with E-state index in [4.69, 9.17) is 21.4 Å². The first-order chi connectivity index (χ1) is 6.59. The lowest BCUT2D eigenvalue weighted by atomic mass is 10.2. The number of ether oxygens (including phenoxy) is 1. The van der Waals surface area contributed by atoms with Gasteiger partial charge in [0.25, 0.3) is 0 Å². The van der Waals surface area contributed by atoms with Gasteiger partial charge in [0.05, 0.1) is 6.61 Å². The van der Waals surface area contributed by atoms with Crippen molar-refractivity contribution in [3.05, 3.63) is 34.6 Å². The Morgan fingerprint density at radius 1 is 1.57 bits per heavy atom. The summed E-state index contributed by atoms with van der Waals surface area (Å²) < 4.78 is 17.4. The fourth-order valence-corrected chi connectivity index (χ4v) is 1.11. The third-order valence-corrected chi connectivity index (χ3v) is 1.85. The SMILES string of the molecule is O=C(O)COCc1ccc(F)cc1Cl. The van der Waals surface area contributed by atoms with Gasteiger partial charge >= 0.3 is 5.97 Å². The lowest BCUT2D eigenvalue weighted by Gasteiger charge is -2.03. The average molecular weight is 219 g/mol. The number of carboxylic acids is 1. The van der Waals surface area contributed by atoms with Crippen LogP contribution in [0.3, 0.4) is 0 Å². The van der Waals surface area contributed by atoms with Gasteiger partial charge in [-0.05, 0) is 17.7 Å². The Balaban J connectivity index is 2.55. The van der Waals surface area contributed by atoms with E-state index in [1.165, 1.54) is 12.1 Å². The zero-order valence-corrected chi connectivity index (χ0v) is 7.92. The van der Waals surface area contributed by atoms with Crippen LogP contribution in [0.4, 0.5) is 4.39 Å². The largest absolute Gasteiger partial charge is 0.480 e. The molecule has 3 nitrogen and oxygen atoms in total. The molecule has 0 heterocycles. The number of hydrogen-bond acceptors (Lipinski definition) is 2. The molecule has 0 saturated heterocycles. The number of aliphatic carboxylic acids is 1. The van der Waals surface area contributed by atoms with Gasteiger partial charge in [-0.15, -0.1) is 0 Å². The van der Waals surface area contributed by atoms with Crippen molar-refractivity contribution in [1.29, 1.82) is 0 Å². The van der Waals surface area contributed by atoms with E-state index < -0.39 is 18.4 Å². The molecule has 0 amide bonds. The number of benzene rings is 1. The maximum Gasteiger partial charge on any atom is 0.329 e. The second-order valence-corrected chi connectivity index (χ2v) is 3.03. The van der Waals surface area contributed by atoms with Crippen molar-refractivity contribution in [3.8, 4) is 0 Å². The van der Waals surface area contributed by atoms with Crippen LogP contribution in [0, 0.1) is 5.82 Å². The van der Waals surface area contributed by atoms with E-state index in [0.717, 1.165) is 6.07 Å². The molecule has 0 atom stereocenters. The standard InChI is InChI=1S/C9H8ClFO3/c10-8-3-7(11)2-1-6(8)4-14-5-9(12)13/h1-3H,4-5H2,(H,12,13). The Bertz CT molecular complexity index is 341. The second-order valence-electron chi connectivity index (χ2n) is 2.62. The summed E-state index contributed by atoms with van der Waals surface area (Å²) in [5.74, 6) is -1.49. The molecule has 0 aliphatic carbocycles. The Kier molecular flexibility index (Phi) is 3.85. The third-order valence-electron chi connectivity index (χ3n) is 1.50. The van der Waals surface area contributed by atoms with Crippen molar-refractivity contribution in [2.24, 2.45) is 0 Å². The topological polar surface area (TPSA) is 46.5 Å². The molecule has 1 aromatic rings. The first-order valence-electron chi connectivity index (χ1n) is 3.83. The van der Waals surface area contributed by atoms with Gasteiger partial charge in [-0.3, -0.25) is 0 Å². The zero-order valence-electron chi connectivity index (χ0n) is 7.17. The van der Waals surface area contributed by atoms with Crippen molar-refractivity contribution in [1.82, 2.24) is 0 Å². The smallest absolute Gasteiger partial charge is 0.329 e.